The maximum absolute atomic E-state index is 14.3. The number of amides is 1. The van der Waals surface area contributed by atoms with Crippen LogP contribution in [0.5, 0.6) is 11.5 Å². The van der Waals surface area contributed by atoms with Gasteiger partial charge in [-0.2, -0.15) is 0 Å². The summed E-state index contributed by atoms with van der Waals surface area (Å²) in [6.45, 7) is 3.43. The summed E-state index contributed by atoms with van der Waals surface area (Å²) in [5, 5.41) is 6.12. The van der Waals surface area contributed by atoms with Crippen LogP contribution in [0.15, 0.2) is 48.5 Å². The first-order valence-electron chi connectivity index (χ1n) is 8.17. The van der Waals surface area contributed by atoms with Gasteiger partial charge in [-0.25, -0.2) is 4.39 Å². The summed E-state index contributed by atoms with van der Waals surface area (Å²) < 4.78 is 19.8. The molecule has 1 fully saturated rings. The minimum Gasteiger partial charge on any atom is -0.454 e. The summed E-state index contributed by atoms with van der Waals surface area (Å²) in [4.78, 5) is 12.2. The van der Waals surface area contributed by atoms with Gasteiger partial charge in [0, 0.05) is 6.54 Å². The minimum absolute atomic E-state index is 0. The molecule has 4 nitrogen and oxygen atoms in total. The Labute approximate surface area is 153 Å². The largest absolute Gasteiger partial charge is 0.454 e. The first-order chi connectivity index (χ1) is 11.6. The van der Waals surface area contributed by atoms with Gasteiger partial charge in [0.1, 0.15) is 5.75 Å². The maximum atomic E-state index is 14.3. The van der Waals surface area contributed by atoms with Gasteiger partial charge in [-0.3, -0.25) is 4.79 Å². The second kappa shape index (κ2) is 8.83. The van der Waals surface area contributed by atoms with Crippen molar-refractivity contribution in [1.29, 1.82) is 0 Å². The van der Waals surface area contributed by atoms with Crippen LogP contribution in [0.1, 0.15) is 24.9 Å². The fraction of sp³-hybridized carbons (Fsp3) is 0.316. The third-order valence-electron chi connectivity index (χ3n) is 4.22. The number of hydrogen-bond donors (Lipinski definition) is 2. The van der Waals surface area contributed by atoms with Crippen molar-refractivity contribution in [2.24, 2.45) is 5.92 Å². The molecule has 1 aliphatic rings. The van der Waals surface area contributed by atoms with Gasteiger partial charge >= 0.3 is 0 Å². The van der Waals surface area contributed by atoms with Crippen LogP contribution < -0.4 is 15.4 Å². The molecule has 0 saturated carbocycles. The smallest absolute Gasteiger partial charge is 0.224 e. The highest BCUT2D eigenvalue weighted by Gasteiger charge is 2.24. The van der Waals surface area contributed by atoms with Crippen LogP contribution in [-0.4, -0.2) is 19.0 Å². The van der Waals surface area contributed by atoms with E-state index < -0.39 is 5.82 Å². The number of ether oxygens (including phenoxy) is 1. The Morgan fingerprint density at radius 2 is 2.04 bits per heavy atom. The number of carbonyl (C=O) groups is 1. The van der Waals surface area contributed by atoms with Crippen molar-refractivity contribution >= 4 is 18.3 Å². The third kappa shape index (κ3) is 4.94. The van der Waals surface area contributed by atoms with E-state index in [-0.39, 0.29) is 36.0 Å². The van der Waals surface area contributed by atoms with Gasteiger partial charge in [-0.15, -0.1) is 12.4 Å². The Balaban J connectivity index is 0.00000225. The van der Waals surface area contributed by atoms with E-state index in [1.54, 1.807) is 24.3 Å². The number of halogens is 2. The first kappa shape index (κ1) is 19.2. The Morgan fingerprint density at radius 3 is 2.68 bits per heavy atom. The number of hydrogen-bond acceptors (Lipinski definition) is 3. The number of rotatable bonds is 5. The summed E-state index contributed by atoms with van der Waals surface area (Å²) in [6.07, 6.45) is 0.844. The predicted octanol–water partition coefficient (Wildman–Crippen LogP) is 3.83. The molecule has 1 aliphatic heterocycles. The van der Waals surface area contributed by atoms with E-state index >= 15 is 0 Å². The molecule has 0 aliphatic carbocycles. The summed E-state index contributed by atoms with van der Waals surface area (Å²) in [6, 6.07) is 13.6. The second-order valence-corrected chi connectivity index (χ2v) is 6.02. The first-order valence-corrected chi connectivity index (χ1v) is 8.17. The van der Waals surface area contributed by atoms with Gasteiger partial charge < -0.3 is 15.4 Å². The summed E-state index contributed by atoms with van der Waals surface area (Å²) in [5.41, 5.74) is 0.715. The molecule has 134 valence electrons. The lowest BCUT2D eigenvalue weighted by Crippen LogP contribution is -2.33. The molecule has 3 rings (SSSR count). The van der Waals surface area contributed by atoms with Crippen molar-refractivity contribution in [3.8, 4) is 11.5 Å². The molecule has 2 atom stereocenters. The van der Waals surface area contributed by atoms with Crippen molar-refractivity contribution in [2.45, 2.75) is 19.4 Å². The van der Waals surface area contributed by atoms with Crippen molar-refractivity contribution in [2.75, 3.05) is 13.1 Å². The third-order valence-corrected chi connectivity index (χ3v) is 4.22. The summed E-state index contributed by atoms with van der Waals surface area (Å²) in [5.74, 6) is 0.318. The fourth-order valence-corrected chi connectivity index (χ4v) is 2.78. The zero-order valence-electron chi connectivity index (χ0n) is 14.0. The average molecular weight is 365 g/mol. The van der Waals surface area contributed by atoms with E-state index in [9.17, 15) is 9.18 Å². The van der Waals surface area contributed by atoms with Gasteiger partial charge in [0.15, 0.2) is 11.6 Å². The highest BCUT2D eigenvalue weighted by atomic mass is 35.5. The SMILES string of the molecule is CC(NC(=O)C1CCNC1)c1ccc(Oc2ccccc2)c(F)c1.Cl. The van der Waals surface area contributed by atoms with Gasteiger partial charge in [0.05, 0.1) is 12.0 Å². The Kier molecular flexibility index (Phi) is 6.79. The fourth-order valence-electron chi connectivity index (χ4n) is 2.78. The van der Waals surface area contributed by atoms with Crippen LogP contribution in [0.4, 0.5) is 4.39 Å². The van der Waals surface area contributed by atoms with Crippen LogP contribution in [0.3, 0.4) is 0 Å². The Bertz CT molecular complexity index is 706. The molecule has 0 radical (unpaired) electrons. The number of benzene rings is 2. The molecule has 1 heterocycles. The molecule has 0 aromatic heterocycles. The van der Waals surface area contributed by atoms with Crippen LogP contribution in [-0.2, 0) is 4.79 Å². The predicted molar refractivity (Wildman–Crippen MR) is 97.7 cm³/mol. The van der Waals surface area contributed by atoms with Gasteiger partial charge in [-0.05, 0) is 49.7 Å². The average Bonchev–Trinajstić information content (AvgIpc) is 3.12. The minimum atomic E-state index is -0.444. The van der Waals surface area contributed by atoms with Crippen LogP contribution in [0.2, 0.25) is 0 Å². The zero-order chi connectivity index (χ0) is 16.9. The molecule has 25 heavy (non-hydrogen) atoms. The topological polar surface area (TPSA) is 50.4 Å². The lowest BCUT2D eigenvalue weighted by Gasteiger charge is -2.18. The van der Waals surface area contributed by atoms with E-state index in [0.717, 1.165) is 13.0 Å². The summed E-state index contributed by atoms with van der Waals surface area (Å²) >= 11 is 0. The van der Waals surface area contributed by atoms with Gasteiger partial charge in [-0.1, -0.05) is 24.3 Å². The monoisotopic (exact) mass is 364 g/mol. The van der Waals surface area contributed by atoms with Crippen molar-refractivity contribution in [3.05, 3.63) is 59.9 Å². The Hall–Kier alpha value is -2.11. The van der Waals surface area contributed by atoms with Crippen molar-refractivity contribution in [1.82, 2.24) is 10.6 Å². The molecule has 1 saturated heterocycles. The second-order valence-electron chi connectivity index (χ2n) is 6.02. The van der Waals surface area contributed by atoms with Gasteiger partial charge in [0.2, 0.25) is 5.91 Å². The lowest BCUT2D eigenvalue weighted by molar-refractivity contribution is -0.125. The molecule has 2 unspecified atom stereocenters. The lowest BCUT2D eigenvalue weighted by atomic mass is 10.0. The Morgan fingerprint density at radius 1 is 1.28 bits per heavy atom. The number of carbonyl (C=O) groups excluding carboxylic acids is 1. The molecular weight excluding hydrogens is 343 g/mol. The normalized spacial score (nSPS) is 17.4. The number of nitrogens with one attached hydrogen (secondary N) is 2. The molecule has 2 N–H and O–H groups in total. The maximum Gasteiger partial charge on any atom is 0.224 e. The van der Waals surface area contributed by atoms with Gasteiger partial charge in [0.25, 0.3) is 0 Å². The molecule has 1 amide bonds. The standard InChI is InChI=1S/C19H21FN2O2.ClH/c1-13(22-19(23)15-9-10-21-12-15)14-7-8-18(17(20)11-14)24-16-5-3-2-4-6-16;/h2-8,11,13,15,21H,9-10,12H2,1H3,(H,22,23);1H. The highest BCUT2D eigenvalue weighted by molar-refractivity contribution is 5.85. The summed E-state index contributed by atoms with van der Waals surface area (Å²) in [7, 11) is 0. The van der Waals surface area contributed by atoms with E-state index in [4.69, 9.17) is 4.74 Å². The molecule has 6 heteroatoms. The van der Waals surface area contributed by atoms with E-state index in [2.05, 4.69) is 10.6 Å². The van der Waals surface area contributed by atoms with Crippen molar-refractivity contribution < 1.29 is 13.9 Å². The van der Waals surface area contributed by atoms with Crippen LogP contribution in [0.25, 0.3) is 0 Å². The van der Waals surface area contributed by atoms with Crippen LogP contribution in [0, 0.1) is 11.7 Å². The molecule has 2 aromatic carbocycles. The molecule has 2 aromatic rings. The van der Waals surface area contributed by atoms with E-state index in [1.165, 1.54) is 6.07 Å². The van der Waals surface area contributed by atoms with E-state index in [1.807, 2.05) is 25.1 Å². The van der Waals surface area contributed by atoms with Crippen LogP contribution >= 0.6 is 12.4 Å². The number of para-hydroxylation sites is 1. The van der Waals surface area contributed by atoms with E-state index in [0.29, 0.717) is 17.9 Å². The highest BCUT2D eigenvalue weighted by Crippen LogP contribution is 2.27. The molecule has 0 spiro atoms. The molecule has 0 bridgehead atoms. The molecular formula is C19H22ClFN2O2. The quantitative estimate of drug-likeness (QED) is 0.847. The van der Waals surface area contributed by atoms with Crippen molar-refractivity contribution in [3.63, 3.8) is 0 Å². The zero-order valence-corrected chi connectivity index (χ0v) is 14.8.